The van der Waals surface area contributed by atoms with E-state index in [1.54, 1.807) is 13.2 Å². The molecule has 0 amide bonds. The van der Waals surface area contributed by atoms with E-state index in [-0.39, 0.29) is 22.2 Å². The summed E-state index contributed by atoms with van der Waals surface area (Å²) in [5.41, 5.74) is 5.85. The SMILES string of the molecule is CCOC(=O)c1sc(NCC(F)(F)C(F)F)c(SC)c1N. The Labute approximate surface area is 127 Å². The highest BCUT2D eigenvalue weighted by Crippen LogP contribution is 2.42. The first-order valence-electron chi connectivity index (χ1n) is 5.77. The van der Waals surface area contributed by atoms with Crippen LogP contribution >= 0.6 is 23.1 Å². The van der Waals surface area contributed by atoms with Crippen molar-refractivity contribution in [2.24, 2.45) is 0 Å². The van der Waals surface area contributed by atoms with Crippen LogP contribution in [0.4, 0.5) is 28.3 Å². The minimum absolute atomic E-state index is 0.0593. The van der Waals surface area contributed by atoms with Crippen molar-refractivity contribution in [3.63, 3.8) is 0 Å². The average Bonchev–Trinajstić information content (AvgIpc) is 2.73. The zero-order valence-corrected chi connectivity index (χ0v) is 12.8. The van der Waals surface area contributed by atoms with Gasteiger partial charge in [-0.25, -0.2) is 13.6 Å². The quantitative estimate of drug-likeness (QED) is 0.449. The Kier molecular flexibility index (Phi) is 6.14. The lowest BCUT2D eigenvalue weighted by molar-refractivity contribution is -0.117. The van der Waals surface area contributed by atoms with Crippen LogP contribution in [0.25, 0.3) is 0 Å². The van der Waals surface area contributed by atoms with Gasteiger partial charge in [0, 0.05) is 0 Å². The molecule has 0 spiro atoms. The molecule has 1 aromatic rings. The van der Waals surface area contributed by atoms with Gasteiger partial charge in [0.1, 0.15) is 9.88 Å². The van der Waals surface area contributed by atoms with Crippen LogP contribution in [0.15, 0.2) is 4.90 Å². The number of rotatable bonds is 7. The summed E-state index contributed by atoms with van der Waals surface area (Å²) in [6.45, 7) is 0.497. The van der Waals surface area contributed by atoms with Crippen molar-refractivity contribution >= 4 is 39.8 Å². The predicted molar refractivity (Wildman–Crippen MR) is 75.9 cm³/mol. The normalized spacial score (nSPS) is 11.8. The van der Waals surface area contributed by atoms with Gasteiger partial charge in [-0.15, -0.1) is 23.1 Å². The Hall–Kier alpha value is -1.16. The summed E-state index contributed by atoms with van der Waals surface area (Å²) in [5.74, 6) is -4.85. The van der Waals surface area contributed by atoms with Gasteiger partial charge in [-0.2, -0.15) is 8.78 Å². The van der Waals surface area contributed by atoms with Gasteiger partial charge in [0.05, 0.1) is 23.7 Å². The largest absolute Gasteiger partial charge is 0.462 e. The van der Waals surface area contributed by atoms with Gasteiger partial charge in [-0.05, 0) is 13.2 Å². The molecule has 0 fully saturated rings. The third-order valence-corrected chi connectivity index (χ3v) is 4.47. The number of esters is 1. The second-order valence-corrected chi connectivity index (χ2v) is 5.68. The number of thiophene rings is 1. The van der Waals surface area contributed by atoms with Crippen molar-refractivity contribution < 1.29 is 27.1 Å². The average molecular weight is 346 g/mol. The summed E-state index contributed by atoms with van der Waals surface area (Å²) < 4.78 is 54.9. The maximum Gasteiger partial charge on any atom is 0.350 e. The molecule has 0 aliphatic carbocycles. The van der Waals surface area contributed by atoms with Gasteiger partial charge in [-0.1, -0.05) is 0 Å². The summed E-state index contributed by atoms with van der Waals surface area (Å²) in [6.07, 6.45) is -2.14. The molecule has 21 heavy (non-hydrogen) atoms. The lowest BCUT2D eigenvalue weighted by Crippen LogP contribution is -2.34. The van der Waals surface area contributed by atoms with Crippen molar-refractivity contribution in [1.29, 1.82) is 0 Å². The number of carbonyl (C=O) groups excluding carboxylic acids is 1. The fourth-order valence-corrected chi connectivity index (χ4v) is 3.30. The summed E-state index contributed by atoms with van der Waals surface area (Å²) in [6, 6.07) is 0. The molecule has 4 nitrogen and oxygen atoms in total. The Morgan fingerprint density at radius 3 is 2.62 bits per heavy atom. The van der Waals surface area contributed by atoms with Crippen molar-refractivity contribution in [1.82, 2.24) is 0 Å². The van der Waals surface area contributed by atoms with E-state index in [4.69, 9.17) is 10.5 Å². The Morgan fingerprint density at radius 1 is 1.52 bits per heavy atom. The Bertz CT molecular complexity index is 509. The molecule has 0 unspecified atom stereocenters. The number of anilines is 2. The number of thioether (sulfide) groups is 1. The number of ether oxygens (including phenoxy) is 1. The standard InChI is InChI=1S/C11H14F4N2O2S2/c1-3-19-9(18)7-5(16)6(20-2)8(21-7)17-4-11(14,15)10(12)13/h10,17H,3-4,16H2,1-2H3. The molecular formula is C11H14F4N2O2S2. The van der Waals surface area contributed by atoms with Gasteiger partial charge >= 0.3 is 18.3 Å². The molecule has 120 valence electrons. The van der Waals surface area contributed by atoms with E-state index in [1.165, 1.54) is 0 Å². The van der Waals surface area contributed by atoms with Gasteiger partial charge in [0.15, 0.2) is 0 Å². The monoisotopic (exact) mass is 346 g/mol. The fourth-order valence-electron chi connectivity index (χ4n) is 1.37. The maximum absolute atomic E-state index is 12.9. The van der Waals surface area contributed by atoms with Crippen LogP contribution in [0.5, 0.6) is 0 Å². The lowest BCUT2D eigenvalue weighted by atomic mass is 10.3. The van der Waals surface area contributed by atoms with E-state index in [1.807, 2.05) is 0 Å². The van der Waals surface area contributed by atoms with Crippen molar-refractivity contribution in [3.05, 3.63) is 4.88 Å². The molecule has 0 bridgehead atoms. The molecule has 3 N–H and O–H groups in total. The van der Waals surface area contributed by atoms with E-state index in [0.29, 0.717) is 4.90 Å². The van der Waals surface area contributed by atoms with Crippen LogP contribution in [-0.4, -0.2) is 37.7 Å². The third-order valence-electron chi connectivity index (χ3n) is 2.37. The number of hydrogen-bond donors (Lipinski definition) is 2. The molecule has 1 heterocycles. The van der Waals surface area contributed by atoms with E-state index < -0.39 is 24.9 Å². The smallest absolute Gasteiger partial charge is 0.350 e. The first-order chi connectivity index (χ1) is 9.74. The first kappa shape index (κ1) is 17.9. The van der Waals surface area contributed by atoms with Gasteiger partial charge in [-0.3, -0.25) is 0 Å². The Balaban J connectivity index is 2.97. The number of halogens is 4. The zero-order valence-electron chi connectivity index (χ0n) is 11.2. The molecular weight excluding hydrogens is 332 g/mol. The van der Waals surface area contributed by atoms with Gasteiger partial charge in [0.2, 0.25) is 0 Å². The summed E-state index contributed by atoms with van der Waals surface area (Å²) in [5, 5.41) is 2.37. The minimum Gasteiger partial charge on any atom is -0.462 e. The molecule has 0 aromatic carbocycles. The van der Waals surface area contributed by atoms with Crippen molar-refractivity contribution in [2.45, 2.75) is 24.2 Å². The van der Waals surface area contributed by atoms with E-state index in [2.05, 4.69) is 5.32 Å². The summed E-state index contributed by atoms with van der Waals surface area (Å²) in [7, 11) is 0. The molecule has 0 radical (unpaired) electrons. The molecule has 1 aromatic heterocycles. The van der Waals surface area contributed by atoms with E-state index >= 15 is 0 Å². The molecule has 10 heteroatoms. The number of carbonyl (C=O) groups is 1. The van der Waals surface area contributed by atoms with E-state index in [0.717, 1.165) is 23.1 Å². The Morgan fingerprint density at radius 2 is 2.14 bits per heavy atom. The van der Waals surface area contributed by atoms with Crippen LogP contribution in [0, 0.1) is 0 Å². The van der Waals surface area contributed by atoms with Crippen LogP contribution in [0.3, 0.4) is 0 Å². The number of nitrogen functional groups attached to an aromatic ring is 1. The second-order valence-electron chi connectivity index (χ2n) is 3.84. The van der Waals surface area contributed by atoms with Crippen LogP contribution < -0.4 is 11.1 Å². The highest BCUT2D eigenvalue weighted by Gasteiger charge is 2.40. The van der Waals surface area contributed by atoms with Crippen molar-refractivity contribution in [3.8, 4) is 0 Å². The highest BCUT2D eigenvalue weighted by molar-refractivity contribution is 7.99. The molecule has 1 rings (SSSR count). The number of alkyl halides is 4. The number of nitrogens with two attached hydrogens (primary N) is 1. The number of hydrogen-bond acceptors (Lipinski definition) is 6. The van der Waals surface area contributed by atoms with Gasteiger partial charge in [0.25, 0.3) is 0 Å². The van der Waals surface area contributed by atoms with Crippen LogP contribution in [-0.2, 0) is 4.74 Å². The molecule has 0 saturated carbocycles. The third kappa shape index (κ3) is 4.16. The zero-order chi connectivity index (χ0) is 16.2. The lowest BCUT2D eigenvalue weighted by Gasteiger charge is -2.16. The molecule has 0 atom stereocenters. The van der Waals surface area contributed by atoms with E-state index in [9.17, 15) is 22.4 Å². The van der Waals surface area contributed by atoms with Crippen LogP contribution in [0.1, 0.15) is 16.6 Å². The van der Waals surface area contributed by atoms with Crippen LogP contribution in [0.2, 0.25) is 0 Å². The predicted octanol–water partition coefficient (Wildman–Crippen LogP) is 3.54. The molecule has 0 saturated heterocycles. The van der Waals surface area contributed by atoms with Crippen molar-refractivity contribution in [2.75, 3.05) is 30.5 Å². The summed E-state index contributed by atoms with van der Waals surface area (Å²) >= 11 is 1.92. The first-order valence-corrected chi connectivity index (χ1v) is 7.81. The maximum atomic E-state index is 12.9. The summed E-state index contributed by atoms with van der Waals surface area (Å²) in [4.78, 5) is 12.1. The minimum atomic E-state index is -4.17. The van der Waals surface area contributed by atoms with Gasteiger partial charge < -0.3 is 15.8 Å². The second kappa shape index (κ2) is 7.21. The number of nitrogens with one attached hydrogen (secondary N) is 1. The fraction of sp³-hybridized carbons (Fsp3) is 0.545. The molecule has 0 aliphatic heterocycles. The highest BCUT2D eigenvalue weighted by atomic mass is 32.2. The molecule has 0 aliphatic rings. The topological polar surface area (TPSA) is 64.3 Å².